The van der Waals surface area contributed by atoms with E-state index in [1.807, 2.05) is 0 Å². The van der Waals surface area contributed by atoms with E-state index in [0.717, 1.165) is 32.7 Å². The van der Waals surface area contributed by atoms with E-state index in [2.05, 4.69) is 9.80 Å². The Labute approximate surface area is 111 Å². The number of halogens is 1. The van der Waals surface area contributed by atoms with Crippen molar-refractivity contribution < 1.29 is 13.9 Å². The Balaban J connectivity index is 1.89. The molecule has 3 heterocycles. The molecule has 102 valence electrons. The minimum absolute atomic E-state index is 0.0410. The maximum absolute atomic E-state index is 13.4. The highest BCUT2D eigenvalue weighted by Gasteiger charge is 2.37. The molecule has 0 spiro atoms. The van der Waals surface area contributed by atoms with Crippen LogP contribution in [0.4, 0.5) is 4.39 Å². The summed E-state index contributed by atoms with van der Waals surface area (Å²) in [6.07, 6.45) is 0. The third kappa shape index (κ3) is 2.24. The second kappa shape index (κ2) is 4.90. The van der Waals surface area contributed by atoms with E-state index in [4.69, 9.17) is 4.74 Å². The van der Waals surface area contributed by atoms with Crippen LogP contribution < -0.4 is 4.74 Å². The van der Waals surface area contributed by atoms with Gasteiger partial charge in [0.15, 0.2) is 5.78 Å². The molecular formula is C14H17FN2O2. The van der Waals surface area contributed by atoms with Gasteiger partial charge in [-0.25, -0.2) is 4.39 Å². The lowest BCUT2D eigenvalue weighted by Gasteiger charge is -2.46. The van der Waals surface area contributed by atoms with E-state index in [-0.39, 0.29) is 11.8 Å². The van der Waals surface area contributed by atoms with Crippen LogP contribution >= 0.6 is 0 Å². The Kier molecular flexibility index (Phi) is 3.24. The molecule has 1 atom stereocenters. The zero-order chi connectivity index (χ0) is 13.4. The highest BCUT2D eigenvalue weighted by atomic mass is 19.1. The number of methoxy groups -OCH3 is 1. The number of hydrogen-bond donors (Lipinski definition) is 0. The number of benzene rings is 1. The summed E-state index contributed by atoms with van der Waals surface area (Å²) >= 11 is 0. The first kappa shape index (κ1) is 12.6. The molecule has 3 aliphatic heterocycles. The number of ketones is 1. The van der Waals surface area contributed by atoms with Gasteiger partial charge < -0.3 is 4.74 Å². The van der Waals surface area contributed by atoms with Crippen LogP contribution in [-0.2, 0) is 0 Å². The second-order valence-electron chi connectivity index (χ2n) is 5.06. The molecule has 19 heavy (non-hydrogen) atoms. The zero-order valence-electron chi connectivity index (χ0n) is 10.9. The van der Waals surface area contributed by atoms with Crippen LogP contribution in [0.15, 0.2) is 18.2 Å². The van der Waals surface area contributed by atoms with Gasteiger partial charge in [-0.3, -0.25) is 14.6 Å². The van der Waals surface area contributed by atoms with Gasteiger partial charge in [-0.1, -0.05) is 0 Å². The molecule has 2 bridgehead atoms. The molecule has 0 saturated carbocycles. The lowest BCUT2D eigenvalue weighted by Crippen LogP contribution is -2.63. The first-order chi connectivity index (χ1) is 9.19. The van der Waals surface area contributed by atoms with E-state index >= 15 is 0 Å². The van der Waals surface area contributed by atoms with E-state index in [1.54, 1.807) is 0 Å². The Bertz CT molecular complexity index is 498. The topological polar surface area (TPSA) is 32.8 Å². The molecule has 3 aliphatic rings. The van der Waals surface area contributed by atoms with Crippen molar-refractivity contribution in [3.05, 3.63) is 29.6 Å². The predicted molar refractivity (Wildman–Crippen MR) is 69.1 cm³/mol. The van der Waals surface area contributed by atoms with E-state index in [0.29, 0.717) is 11.3 Å². The number of fused-ring (bicyclic) bond motifs is 3. The zero-order valence-corrected chi connectivity index (χ0v) is 10.9. The molecule has 0 aliphatic carbocycles. The van der Waals surface area contributed by atoms with Crippen molar-refractivity contribution >= 4 is 5.78 Å². The van der Waals surface area contributed by atoms with E-state index < -0.39 is 5.82 Å². The third-order valence-corrected chi connectivity index (χ3v) is 4.01. The van der Waals surface area contributed by atoms with Gasteiger partial charge in [-0.2, -0.15) is 0 Å². The average Bonchev–Trinajstić information content (AvgIpc) is 2.47. The van der Waals surface area contributed by atoms with E-state index in [9.17, 15) is 9.18 Å². The number of carbonyl (C=O) groups excluding carboxylic acids is 1. The van der Waals surface area contributed by atoms with Crippen LogP contribution in [-0.4, -0.2) is 61.5 Å². The van der Waals surface area contributed by atoms with Crippen molar-refractivity contribution in [1.82, 2.24) is 9.80 Å². The number of nitrogens with zero attached hydrogens (tertiary/aromatic N) is 2. The summed E-state index contributed by atoms with van der Waals surface area (Å²) in [6, 6.07) is 3.93. The lowest BCUT2D eigenvalue weighted by atomic mass is 9.97. The summed E-state index contributed by atoms with van der Waals surface area (Å²) in [5.74, 6) is 0.00484. The maximum atomic E-state index is 13.4. The van der Waals surface area contributed by atoms with Crippen LogP contribution in [0.25, 0.3) is 0 Å². The molecule has 3 saturated heterocycles. The van der Waals surface area contributed by atoms with Gasteiger partial charge in [-0.15, -0.1) is 0 Å². The van der Waals surface area contributed by atoms with Crippen LogP contribution in [0.2, 0.25) is 0 Å². The number of rotatable bonds is 3. The number of ether oxygens (including phenoxy) is 1. The molecule has 4 nitrogen and oxygen atoms in total. The largest absolute Gasteiger partial charge is 0.496 e. The van der Waals surface area contributed by atoms with E-state index in [1.165, 1.54) is 25.3 Å². The molecule has 0 amide bonds. The molecule has 0 aromatic heterocycles. The van der Waals surface area contributed by atoms with Crippen molar-refractivity contribution in [2.45, 2.75) is 6.04 Å². The number of carbonyl (C=O) groups is 1. The number of hydrogen-bond acceptors (Lipinski definition) is 4. The average molecular weight is 264 g/mol. The monoisotopic (exact) mass is 264 g/mol. The minimum atomic E-state index is -0.402. The second-order valence-corrected chi connectivity index (χ2v) is 5.06. The number of Topliss-reactive ketones (excluding diaryl/α,β-unsaturated/α-hetero) is 1. The number of piperazine rings is 3. The van der Waals surface area contributed by atoms with Gasteiger partial charge in [-0.05, 0) is 18.2 Å². The Morgan fingerprint density at radius 2 is 2.05 bits per heavy atom. The van der Waals surface area contributed by atoms with Gasteiger partial charge in [0, 0.05) is 32.7 Å². The van der Waals surface area contributed by atoms with Crippen LogP contribution in [0.1, 0.15) is 10.4 Å². The smallest absolute Gasteiger partial charge is 0.185 e. The molecule has 3 fully saturated rings. The summed E-state index contributed by atoms with van der Waals surface area (Å²) in [5.41, 5.74) is 0.348. The fraction of sp³-hybridized carbons (Fsp3) is 0.500. The van der Waals surface area contributed by atoms with Crippen LogP contribution in [0.5, 0.6) is 5.75 Å². The van der Waals surface area contributed by atoms with Crippen molar-refractivity contribution in [1.29, 1.82) is 0 Å². The van der Waals surface area contributed by atoms with Gasteiger partial charge in [0.25, 0.3) is 0 Å². The summed E-state index contributed by atoms with van der Waals surface area (Å²) in [5, 5.41) is 0. The molecule has 0 radical (unpaired) electrons. The quantitative estimate of drug-likeness (QED) is 0.763. The summed E-state index contributed by atoms with van der Waals surface area (Å²) in [7, 11) is 1.50. The van der Waals surface area contributed by atoms with Crippen molar-refractivity contribution in [3.8, 4) is 5.75 Å². The summed E-state index contributed by atoms with van der Waals surface area (Å²) < 4.78 is 18.5. The first-order valence-corrected chi connectivity index (χ1v) is 6.53. The lowest BCUT2D eigenvalue weighted by molar-refractivity contribution is 0.0157. The minimum Gasteiger partial charge on any atom is -0.496 e. The van der Waals surface area contributed by atoms with Gasteiger partial charge in [0.2, 0.25) is 0 Å². The Morgan fingerprint density at radius 3 is 2.63 bits per heavy atom. The fourth-order valence-corrected chi connectivity index (χ4v) is 2.92. The first-order valence-electron chi connectivity index (χ1n) is 6.53. The Hall–Kier alpha value is -1.46. The van der Waals surface area contributed by atoms with Gasteiger partial charge >= 0.3 is 0 Å². The molecule has 0 N–H and O–H groups in total. The maximum Gasteiger partial charge on any atom is 0.185 e. The standard InChI is InChI=1S/C14H17FN2O2/c1-19-13-3-2-10(15)8-11(13)14(18)12-9-16-4-6-17(12)7-5-16/h2-3,8,12H,4-7,9H2,1H3. The summed E-state index contributed by atoms with van der Waals surface area (Å²) in [4.78, 5) is 17.1. The highest BCUT2D eigenvalue weighted by Crippen LogP contribution is 2.25. The molecular weight excluding hydrogens is 247 g/mol. The molecule has 4 rings (SSSR count). The molecule has 1 aromatic rings. The van der Waals surface area contributed by atoms with Crippen molar-refractivity contribution in [2.24, 2.45) is 0 Å². The van der Waals surface area contributed by atoms with Crippen LogP contribution in [0, 0.1) is 5.82 Å². The predicted octanol–water partition coefficient (Wildman–Crippen LogP) is 1.02. The van der Waals surface area contributed by atoms with Gasteiger partial charge in [0.05, 0.1) is 18.7 Å². The third-order valence-electron chi connectivity index (χ3n) is 4.01. The fourth-order valence-electron chi connectivity index (χ4n) is 2.92. The normalized spacial score (nSPS) is 29.3. The molecule has 1 aromatic carbocycles. The van der Waals surface area contributed by atoms with Crippen LogP contribution in [0.3, 0.4) is 0 Å². The summed E-state index contributed by atoms with van der Waals surface area (Å²) in [6.45, 7) is 4.59. The van der Waals surface area contributed by atoms with Gasteiger partial charge in [0.1, 0.15) is 11.6 Å². The highest BCUT2D eigenvalue weighted by molar-refractivity contribution is 6.02. The van der Waals surface area contributed by atoms with Crippen molar-refractivity contribution in [3.63, 3.8) is 0 Å². The van der Waals surface area contributed by atoms with Crippen molar-refractivity contribution in [2.75, 3.05) is 39.8 Å². The molecule has 1 unspecified atom stereocenters. The Morgan fingerprint density at radius 1 is 1.32 bits per heavy atom. The SMILES string of the molecule is COc1ccc(F)cc1C(=O)C1CN2CCN1CC2. The molecule has 5 heteroatoms.